The second-order valence-corrected chi connectivity index (χ2v) is 7.94. The lowest BCUT2D eigenvalue weighted by molar-refractivity contribution is 0.671. The van der Waals surface area contributed by atoms with Crippen LogP contribution in [0.5, 0.6) is 0 Å². The molecule has 0 aliphatic rings. The third-order valence-electron chi connectivity index (χ3n) is 6.05. The maximum Gasteiger partial charge on any atom is 0.143 e. The van der Waals surface area contributed by atoms with E-state index < -0.39 is 0 Å². The lowest BCUT2D eigenvalue weighted by Gasteiger charge is -2.05. The van der Waals surface area contributed by atoms with E-state index in [1.807, 2.05) is 48.7 Å². The van der Waals surface area contributed by atoms with Gasteiger partial charge in [0.15, 0.2) is 0 Å². The summed E-state index contributed by atoms with van der Waals surface area (Å²) < 4.78 is 6.52. The van der Waals surface area contributed by atoms with Gasteiger partial charge in [0.25, 0.3) is 0 Å². The summed E-state index contributed by atoms with van der Waals surface area (Å²) in [6.07, 6.45) is 3.65. The van der Waals surface area contributed by atoms with Crippen LogP contribution >= 0.6 is 0 Å². The van der Waals surface area contributed by atoms with E-state index >= 15 is 0 Å². The van der Waals surface area contributed by atoms with Gasteiger partial charge in [-0.25, -0.2) is 0 Å². The standard InChI is InChI=1S/C30H18N2O/c31-18-22-6-1-2-8-24(22)26-10-4-12-28-27-11-3-9-25(29(27)33-30(26)28)21-15-13-20(14-16-21)23-7-5-17-32-19-23/h1-17,19H. The second-order valence-electron chi connectivity index (χ2n) is 7.94. The maximum absolute atomic E-state index is 9.60. The van der Waals surface area contributed by atoms with Gasteiger partial charge in [0, 0.05) is 39.9 Å². The van der Waals surface area contributed by atoms with Crippen LogP contribution in [-0.4, -0.2) is 4.98 Å². The van der Waals surface area contributed by atoms with Gasteiger partial charge in [0.05, 0.1) is 11.6 Å². The van der Waals surface area contributed by atoms with Crippen LogP contribution in [0.3, 0.4) is 0 Å². The summed E-state index contributed by atoms with van der Waals surface area (Å²) in [6.45, 7) is 0. The van der Waals surface area contributed by atoms with Gasteiger partial charge in [0.1, 0.15) is 11.2 Å². The van der Waals surface area contributed by atoms with Crippen molar-refractivity contribution in [1.29, 1.82) is 5.26 Å². The average Bonchev–Trinajstić information content (AvgIpc) is 3.28. The van der Waals surface area contributed by atoms with Crippen molar-refractivity contribution in [2.75, 3.05) is 0 Å². The first kappa shape index (κ1) is 19.0. The molecule has 6 aromatic rings. The molecule has 0 bridgehead atoms. The number of hydrogen-bond acceptors (Lipinski definition) is 3. The largest absolute Gasteiger partial charge is 0.455 e. The SMILES string of the molecule is N#Cc1ccccc1-c1cccc2c1oc1c(-c3ccc(-c4cccnc4)cc3)cccc12. The smallest absolute Gasteiger partial charge is 0.143 e. The van der Waals surface area contributed by atoms with Crippen molar-refractivity contribution in [2.24, 2.45) is 0 Å². The Balaban J connectivity index is 1.53. The molecule has 0 atom stereocenters. The van der Waals surface area contributed by atoms with Gasteiger partial charge in [0.2, 0.25) is 0 Å². The van der Waals surface area contributed by atoms with E-state index in [0.29, 0.717) is 5.56 Å². The van der Waals surface area contributed by atoms with Crippen molar-refractivity contribution in [2.45, 2.75) is 0 Å². The lowest BCUT2D eigenvalue weighted by Crippen LogP contribution is -1.84. The number of benzene rings is 4. The molecule has 0 N–H and O–H groups in total. The zero-order chi connectivity index (χ0) is 22.2. The van der Waals surface area contributed by atoms with Crippen LogP contribution in [0.1, 0.15) is 5.56 Å². The minimum Gasteiger partial charge on any atom is -0.455 e. The highest BCUT2D eigenvalue weighted by Crippen LogP contribution is 2.40. The fraction of sp³-hybridized carbons (Fsp3) is 0. The number of nitriles is 1. The first-order valence-corrected chi connectivity index (χ1v) is 10.8. The minimum atomic E-state index is 0.636. The molecule has 0 aliphatic carbocycles. The van der Waals surface area contributed by atoms with E-state index in [2.05, 4.69) is 65.7 Å². The van der Waals surface area contributed by atoms with Crippen molar-refractivity contribution >= 4 is 21.9 Å². The summed E-state index contributed by atoms with van der Waals surface area (Å²) in [6, 6.07) is 34.8. The summed E-state index contributed by atoms with van der Waals surface area (Å²) in [4.78, 5) is 4.22. The Morgan fingerprint density at radius 3 is 1.97 bits per heavy atom. The van der Waals surface area contributed by atoms with Crippen LogP contribution < -0.4 is 0 Å². The average molecular weight is 422 g/mol. The summed E-state index contributed by atoms with van der Waals surface area (Å²) in [5.74, 6) is 0. The van der Waals surface area contributed by atoms with Gasteiger partial charge < -0.3 is 4.42 Å². The Morgan fingerprint density at radius 2 is 1.24 bits per heavy atom. The highest BCUT2D eigenvalue weighted by atomic mass is 16.3. The molecule has 6 rings (SSSR count). The number of hydrogen-bond donors (Lipinski definition) is 0. The van der Waals surface area contributed by atoms with Crippen LogP contribution in [-0.2, 0) is 0 Å². The van der Waals surface area contributed by atoms with Gasteiger partial charge in [-0.3, -0.25) is 4.98 Å². The molecule has 0 unspecified atom stereocenters. The molecular formula is C30H18N2O. The van der Waals surface area contributed by atoms with Crippen molar-refractivity contribution < 1.29 is 4.42 Å². The molecule has 0 spiro atoms. The molecule has 3 nitrogen and oxygen atoms in total. The normalized spacial score (nSPS) is 11.0. The Morgan fingerprint density at radius 1 is 0.576 bits per heavy atom. The van der Waals surface area contributed by atoms with Gasteiger partial charge in [-0.15, -0.1) is 0 Å². The molecule has 0 radical (unpaired) electrons. The van der Waals surface area contributed by atoms with Crippen molar-refractivity contribution in [3.8, 4) is 39.4 Å². The number of para-hydroxylation sites is 2. The summed E-state index contributed by atoms with van der Waals surface area (Å²) in [5.41, 5.74) is 8.44. The van der Waals surface area contributed by atoms with Crippen LogP contribution in [0.4, 0.5) is 0 Å². The Labute approximate surface area is 191 Å². The number of furan rings is 1. The minimum absolute atomic E-state index is 0.636. The zero-order valence-corrected chi connectivity index (χ0v) is 17.7. The topological polar surface area (TPSA) is 49.8 Å². The molecule has 2 aromatic heterocycles. The van der Waals surface area contributed by atoms with Crippen LogP contribution in [0.15, 0.2) is 114 Å². The quantitative estimate of drug-likeness (QED) is 0.292. The van der Waals surface area contributed by atoms with E-state index in [1.165, 1.54) is 0 Å². The van der Waals surface area contributed by atoms with E-state index in [0.717, 1.165) is 55.3 Å². The Kier molecular flexibility index (Phi) is 4.49. The third-order valence-corrected chi connectivity index (χ3v) is 6.05. The Bertz CT molecular complexity index is 1660. The molecule has 0 amide bonds. The lowest BCUT2D eigenvalue weighted by atomic mass is 9.97. The molecule has 154 valence electrons. The number of nitrogens with zero attached hydrogens (tertiary/aromatic N) is 2. The number of rotatable bonds is 3. The highest BCUT2D eigenvalue weighted by molar-refractivity contribution is 6.13. The zero-order valence-electron chi connectivity index (χ0n) is 17.7. The molecule has 0 aliphatic heterocycles. The summed E-state index contributed by atoms with van der Waals surface area (Å²) in [7, 11) is 0. The van der Waals surface area contributed by atoms with E-state index in [-0.39, 0.29) is 0 Å². The number of fused-ring (bicyclic) bond motifs is 3. The number of pyridine rings is 1. The van der Waals surface area contributed by atoms with Crippen LogP contribution in [0.2, 0.25) is 0 Å². The van der Waals surface area contributed by atoms with Crippen molar-refractivity contribution in [3.05, 3.63) is 115 Å². The molecule has 4 aromatic carbocycles. The van der Waals surface area contributed by atoms with Gasteiger partial charge in [-0.2, -0.15) is 5.26 Å². The molecular weight excluding hydrogens is 404 g/mol. The van der Waals surface area contributed by atoms with E-state index in [9.17, 15) is 5.26 Å². The maximum atomic E-state index is 9.60. The fourth-order valence-electron chi connectivity index (χ4n) is 4.45. The fourth-order valence-corrected chi connectivity index (χ4v) is 4.45. The van der Waals surface area contributed by atoms with E-state index in [1.54, 1.807) is 6.20 Å². The number of aromatic nitrogens is 1. The molecule has 2 heterocycles. The predicted octanol–water partition coefficient (Wildman–Crippen LogP) is 7.85. The summed E-state index contributed by atoms with van der Waals surface area (Å²) in [5, 5.41) is 11.7. The van der Waals surface area contributed by atoms with Gasteiger partial charge in [-0.1, -0.05) is 84.9 Å². The first-order chi connectivity index (χ1) is 16.3. The molecule has 0 saturated heterocycles. The van der Waals surface area contributed by atoms with Crippen LogP contribution in [0.25, 0.3) is 55.3 Å². The molecule has 33 heavy (non-hydrogen) atoms. The van der Waals surface area contributed by atoms with Crippen molar-refractivity contribution in [1.82, 2.24) is 4.98 Å². The summed E-state index contributed by atoms with van der Waals surface area (Å²) >= 11 is 0. The molecule has 0 saturated carbocycles. The van der Waals surface area contributed by atoms with Crippen molar-refractivity contribution in [3.63, 3.8) is 0 Å². The predicted molar refractivity (Wildman–Crippen MR) is 133 cm³/mol. The molecule has 3 heteroatoms. The monoisotopic (exact) mass is 422 g/mol. The van der Waals surface area contributed by atoms with Gasteiger partial charge in [-0.05, 0) is 28.8 Å². The van der Waals surface area contributed by atoms with Crippen LogP contribution in [0, 0.1) is 11.3 Å². The van der Waals surface area contributed by atoms with Gasteiger partial charge >= 0.3 is 0 Å². The molecule has 0 fully saturated rings. The Hall–Kier alpha value is -4.68. The third kappa shape index (κ3) is 3.17. The first-order valence-electron chi connectivity index (χ1n) is 10.8. The second kappa shape index (κ2) is 7.78. The van der Waals surface area contributed by atoms with E-state index in [4.69, 9.17) is 4.42 Å². The highest BCUT2D eigenvalue weighted by Gasteiger charge is 2.16.